The second kappa shape index (κ2) is 13.1. The van der Waals surface area contributed by atoms with E-state index >= 15 is 0 Å². The molecule has 0 saturated carbocycles. The van der Waals surface area contributed by atoms with Crippen molar-refractivity contribution in [2.45, 2.75) is 63.8 Å². The molecule has 3 N–H and O–H groups in total. The van der Waals surface area contributed by atoms with E-state index in [0.717, 1.165) is 7.11 Å². The predicted octanol–water partition coefficient (Wildman–Crippen LogP) is 2.64. The number of methoxy groups -OCH3 is 1. The number of hydrogen-bond donors (Lipinski definition) is 3. The SMILES string of the molecule is COC(=O)[C@@H](NC(=O)[C@H](C)NC(=O)[C@H](Cc1ccccc1)NC(=O)OC(C(F)(F)F)C(F)(F)F)C(C)C. The van der Waals surface area contributed by atoms with Crippen molar-refractivity contribution in [3.8, 4) is 0 Å². The summed E-state index contributed by atoms with van der Waals surface area (Å²) in [5.41, 5.74) is 0.383. The molecule has 0 aliphatic rings. The Bertz CT molecular complexity index is 925. The number of rotatable bonds is 10. The van der Waals surface area contributed by atoms with Crippen LogP contribution in [0.5, 0.6) is 0 Å². The molecule has 0 unspecified atom stereocenters. The van der Waals surface area contributed by atoms with Gasteiger partial charge in [0.25, 0.3) is 6.10 Å². The smallest absolute Gasteiger partial charge is 0.434 e. The number of esters is 1. The van der Waals surface area contributed by atoms with E-state index in [-0.39, 0.29) is 6.42 Å². The first kappa shape index (κ1) is 31.5. The third kappa shape index (κ3) is 10.2. The largest absolute Gasteiger partial charge is 0.467 e. The molecule has 0 aliphatic carbocycles. The highest BCUT2D eigenvalue weighted by Gasteiger charge is 2.60. The zero-order valence-corrected chi connectivity index (χ0v) is 20.2. The van der Waals surface area contributed by atoms with E-state index < -0.39 is 66.4 Å². The van der Waals surface area contributed by atoms with Gasteiger partial charge in [0.1, 0.15) is 18.1 Å². The average Bonchev–Trinajstić information content (AvgIpc) is 2.78. The molecule has 3 atom stereocenters. The number of carbonyl (C=O) groups is 4. The lowest BCUT2D eigenvalue weighted by Crippen LogP contribution is -2.56. The number of carbonyl (C=O) groups excluding carboxylic acids is 4. The molecule has 15 heteroatoms. The van der Waals surface area contributed by atoms with Gasteiger partial charge in [0.15, 0.2) is 0 Å². The topological polar surface area (TPSA) is 123 Å². The molecular formula is C22H27F6N3O6. The van der Waals surface area contributed by atoms with Gasteiger partial charge in [0.2, 0.25) is 11.8 Å². The van der Waals surface area contributed by atoms with Crippen LogP contribution in [-0.4, -0.2) is 67.6 Å². The van der Waals surface area contributed by atoms with Crippen LogP contribution in [0.1, 0.15) is 26.3 Å². The maximum absolute atomic E-state index is 12.8. The van der Waals surface area contributed by atoms with E-state index in [9.17, 15) is 45.5 Å². The van der Waals surface area contributed by atoms with Crippen molar-refractivity contribution in [1.29, 1.82) is 0 Å². The molecule has 1 aromatic rings. The van der Waals surface area contributed by atoms with Gasteiger partial charge in [0.05, 0.1) is 7.11 Å². The minimum atomic E-state index is -5.95. The quantitative estimate of drug-likeness (QED) is 0.308. The number of amides is 3. The molecule has 3 amide bonds. The van der Waals surface area contributed by atoms with Gasteiger partial charge in [-0.05, 0) is 18.4 Å². The highest BCUT2D eigenvalue weighted by atomic mass is 19.4. The molecule has 0 bridgehead atoms. The number of ether oxygens (including phenoxy) is 2. The Morgan fingerprint density at radius 2 is 1.38 bits per heavy atom. The van der Waals surface area contributed by atoms with Gasteiger partial charge in [0, 0.05) is 6.42 Å². The Balaban J connectivity index is 3.04. The van der Waals surface area contributed by atoms with Crippen LogP contribution in [0.3, 0.4) is 0 Å². The number of halogens is 6. The van der Waals surface area contributed by atoms with Gasteiger partial charge >= 0.3 is 24.4 Å². The fraction of sp³-hybridized carbons (Fsp3) is 0.545. The molecule has 0 radical (unpaired) electrons. The van der Waals surface area contributed by atoms with Gasteiger partial charge in [-0.15, -0.1) is 0 Å². The minimum Gasteiger partial charge on any atom is -0.467 e. The standard InChI is InChI=1S/C22H27F6N3O6/c1-11(2)15(18(34)36-4)31-16(32)12(3)29-17(33)14(10-13-8-6-5-7-9-13)30-20(35)37-19(21(23,24)25)22(26,27)28/h5-9,11-12,14-15,19H,10H2,1-4H3,(H,29,33)(H,30,35)(H,31,32)/t12-,14-,15-/m0/s1. The van der Waals surface area contributed by atoms with Crippen LogP contribution >= 0.6 is 0 Å². The summed E-state index contributed by atoms with van der Waals surface area (Å²) in [6, 6.07) is 3.55. The summed E-state index contributed by atoms with van der Waals surface area (Å²) in [6.07, 6.45) is -18.8. The third-order valence-corrected chi connectivity index (χ3v) is 4.88. The monoisotopic (exact) mass is 543 g/mol. The van der Waals surface area contributed by atoms with Crippen LogP contribution in [0.25, 0.3) is 0 Å². The molecule has 1 rings (SSSR count). The molecule has 0 aliphatic heterocycles. The maximum Gasteiger partial charge on any atom is 0.434 e. The van der Waals surface area contributed by atoms with Crippen LogP contribution in [-0.2, 0) is 30.3 Å². The number of nitrogens with one attached hydrogen (secondary N) is 3. The number of alkyl halides is 6. The van der Waals surface area contributed by atoms with E-state index in [2.05, 4.69) is 20.1 Å². The van der Waals surface area contributed by atoms with Crippen molar-refractivity contribution in [3.05, 3.63) is 35.9 Å². The summed E-state index contributed by atoms with van der Waals surface area (Å²) in [5.74, 6) is -3.10. The lowest BCUT2D eigenvalue weighted by atomic mass is 10.0. The normalized spacial score (nSPS) is 14.4. The predicted molar refractivity (Wildman–Crippen MR) is 116 cm³/mol. The van der Waals surface area contributed by atoms with Crippen LogP contribution in [0, 0.1) is 5.92 Å². The Labute approximate surface area is 208 Å². The van der Waals surface area contributed by atoms with Crippen molar-refractivity contribution in [1.82, 2.24) is 16.0 Å². The molecule has 0 heterocycles. The van der Waals surface area contributed by atoms with Crippen molar-refractivity contribution >= 4 is 23.9 Å². The summed E-state index contributed by atoms with van der Waals surface area (Å²) in [4.78, 5) is 49.1. The Kier molecular flexibility index (Phi) is 11.2. The first-order chi connectivity index (χ1) is 17.0. The lowest BCUT2D eigenvalue weighted by molar-refractivity contribution is -0.307. The fourth-order valence-corrected chi connectivity index (χ4v) is 2.94. The van der Waals surface area contributed by atoms with Crippen LogP contribution in [0.2, 0.25) is 0 Å². The summed E-state index contributed by atoms with van der Waals surface area (Å²) < 4.78 is 84.6. The number of alkyl carbamates (subject to hydrolysis) is 1. The van der Waals surface area contributed by atoms with E-state index in [4.69, 9.17) is 0 Å². The Morgan fingerprint density at radius 1 is 0.838 bits per heavy atom. The molecule has 9 nitrogen and oxygen atoms in total. The summed E-state index contributed by atoms with van der Waals surface area (Å²) in [7, 11) is 1.11. The van der Waals surface area contributed by atoms with Gasteiger partial charge in [-0.25, -0.2) is 9.59 Å². The third-order valence-electron chi connectivity index (χ3n) is 4.88. The molecule has 0 aromatic heterocycles. The number of benzene rings is 1. The van der Waals surface area contributed by atoms with E-state index in [1.165, 1.54) is 19.1 Å². The van der Waals surface area contributed by atoms with Crippen molar-refractivity contribution in [2.75, 3.05) is 7.11 Å². The second-order valence-corrected chi connectivity index (χ2v) is 8.24. The van der Waals surface area contributed by atoms with E-state index in [1.807, 2.05) is 0 Å². The lowest BCUT2D eigenvalue weighted by Gasteiger charge is -2.26. The van der Waals surface area contributed by atoms with Crippen LogP contribution in [0.15, 0.2) is 30.3 Å². The summed E-state index contributed by atoms with van der Waals surface area (Å²) in [6.45, 7) is 4.44. The molecule has 0 fully saturated rings. The second-order valence-electron chi connectivity index (χ2n) is 8.24. The van der Waals surface area contributed by atoms with E-state index in [0.29, 0.717) is 5.56 Å². The van der Waals surface area contributed by atoms with Crippen LogP contribution in [0.4, 0.5) is 31.1 Å². The van der Waals surface area contributed by atoms with Crippen LogP contribution < -0.4 is 16.0 Å². The van der Waals surface area contributed by atoms with E-state index in [1.54, 1.807) is 37.4 Å². The molecule has 1 aromatic carbocycles. The van der Waals surface area contributed by atoms with Gasteiger partial charge in [-0.1, -0.05) is 44.2 Å². The van der Waals surface area contributed by atoms with Crippen molar-refractivity contribution < 1.29 is 55.0 Å². The highest BCUT2D eigenvalue weighted by Crippen LogP contribution is 2.35. The molecule has 37 heavy (non-hydrogen) atoms. The van der Waals surface area contributed by atoms with Gasteiger partial charge in [-0.2, -0.15) is 26.3 Å². The first-order valence-corrected chi connectivity index (χ1v) is 10.8. The summed E-state index contributed by atoms with van der Waals surface area (Å²) >= 11 is 0. The Morgan fingerprint density at radius 3 is 1.84 bits per heavy atom. The highest BCUT2D eigenvalue weighted by molar-refractivity contribution is 5.93. The van der Waals surface area contributed by atoms with Crippen molar-refractivity contribution in [2.24, 2.45) is 5.92 Å². The number of hydrogen-bond acceptors (Lipinski definition) is 6. The minimum absolute atomic E-state index is 0.365. The first-order valence-electron chi connectivity index (χ1n) is 10.8. The Hall–Kier alpha value is -3.52. The molecule has 208 valence electrons. The van der Waals surface area contributed by atoms with Gasteiger partial charge in [-0.3, -0.25) is 9.59 Å². The zero-order chi connectivity index (χ0) is 28.6. The summed E-state index contributed by atoms with van der Waals surface area (Å²) in [5, 5.41) is 6.26. The average molecular weight is 543 g/mol. The maximum atomic E-state index is 12.8. The van der Waals surface area contributed by atoms with Gasteiger partial charge < -0.3 is 25.4 Å². The van der Waals surface area contributed by atoms with Crippen molar-refractivity contribution in [3.63, 3.8) is 0 Å². The molecule has 0 spiro atoms. The fourth-order valence-electron chi connectivity index (χ4n) is 2.94. The zero-order valence-electron chi connectivity index (χ0n) is 20.2. The molecule has 0 saturated heterocycles. The molecular weight excluding hydrogens is 516 g/mol.